The fourth-order valence-electron chi connectivity index (χ4n) is 8.60. The summed E-state index contributed by atoms with van der Waals surface area (Å²) in [4.78, 5) is 32.6. The standard InChI is InChI=1S/C45H49ClN6O8S2/c1-45(2)16-13-33(39(26-45)31-3-5-34(46)6-4-31)28-50-18-20-51(21-19-50)35-7-10-38(43(24-35)60-36-8-11-40-32(23-36)14-17-47-40)44(53)49-62(58,59)37-9-12-41(42(25-37)52(54)55)48-27-30-15-22-61(56,57)29-30/h3-12,14,17,23-25,30,47-48H,13,15-16,18-22,26-29H2,1-2H3,(H,49,53). The molecule has 0 bridgehead atoms. The van der Waals surface area contributed by atoms with Crippen LogP contribution < -0.4 is 19.7 Å². The van der Waals surface area contributed by atoms with Gasteiger partial charge in [-0.25, -0.2) is 21.6 Å². The lowest BCUT2D eigenvalue weighted by molar-refractivity contribution is -0.384. The third kappa shape index (κ3) is 9.94. The molecule has 0 radical (unpaired) electrons. The van der Waals surface area contributed by atoms with Gasteiger partial charge < -0.3 is 19.9 Å². The van der Waals surface area contributed by atoms with Crippen molar-refractivity contribution in [3.63, 3.8) is 0 Å². The average molecular weight is 902 g/mol. The van der Waals surface area contributed by atoms with Crippen LogP contribution in [0.5, 0.6) is 11.5 Å². The van der Waals surface area contributed by atoms with Crippen LogP contribution in [0.15, 0.2) is 102 Å². The molecule has 8 rings (SSSR count). The Hall–Kier alpha value is -5.42. The maximum atomic E-state index is 13.9. The predicted molar refractivity (Wildman–Crippen MR) is 242 cm³/mol. The van der Waals surface area contributed by atoms with Gasteiger partial charge in [0, 0.05) is 79.2 Å². The van der Waals surface area contributed by atoms with Crippen molar-refractivity contribution in [3.8, 4) is 11.5 Å². The Kier molecular flexibility index (Phi) is 12.1. The number of carbonyl (C=O) groups excluding carboxylic acids is 1. The molecule has 17 heteroatoms. The molecule has 3 aliphatic rings. The predicted octanol–water partition coefficient (Wildman–Crippen LogP) is 8.27. The second-order valence-corrected chi connectivity index (χ2v) is 21.6. The van der Waals surface area contributed by atoms with Crippen molar-refractivity contribution in [1.82, 2.24) is 14.6 Å². The molecule has 2 aliphatic heterocycles. The van der Waals surface area contributed by atoms with Gasteiger partial charge in [0.05, 0.1) is 26.9 Å². The minimum Gasteiger partial charge on any atom is -0.456 e. The van der Waals surface area contributed by atoms with Crippen LogP contribution in [0.25, 0.3) is 16.5 Å². The summed E-state index contributed by atoms with van der Waals surface area (Å²) in [6, 6.07) is 23.8. The van der Waals surface area contributed by atoms with Crippen molar-refractivity contribution in [1.29, 1.82) is 0 Å². The second kappa shape index (κ2) is 17.4. The first-order chi connectivity index (χ1) is 29.5. The summed E-state index contributed by atoms with van der Waals surface area (Å²) in [7, 11) is -7.77. The van der Waals surface area contributed by atoms with E-state index in [1.54, 1.807) is 24.4 Å². The molecule has 2 saturated heterocycles. The molecule has 5 aromatic rings. The van der Waals surface area contributed by atoms with Crippen LogP contribution in [-0.2, 0) is 19.9 Å². The van der Waals surface area contributed by atoms with Gasteiger partial charge in [0.2, 0.25) is 0 Å². The fourth-order valence-corrected chi connectivity index (χ4v) is 11.6. The number of piperazine rings is 1. The number of carbonyl (C=O) groups is 1. The number of rotatable bonds is 13. The molecule has 4 aromatic carbocycles. The normalized spacial score (nSPS) is 19.1. The van der Waals surface area contributed by atoms with Crippen LogP contribution >= 0.6 is 11.6 Å². The highest BCUT2D eigenvalue weighted by molar-refractivity contribution is 7.91. The van der Waals surface area contributed by atoms with E-state index in [2.05, 4.69) is 50.8 Å². The highest BCUT2D eigenvalue weighted by atomic mass is 35.5. The van der Waals surface area contributed by atoms with E-state index in [0.29, 0.717) is 25.3 Å². The number of allylic oxidation sites excluding steroid dienone is 1. The summed E-state index contributed by atoms with van der Waals surface area (Å²) in [5, 5.41) is 16.6. The molecule has 3 heterocycles. The Morgan fingerprint density at radius 3 is 2.50 bits per heavy atom. The summed E-state index contributed by atoms with van der Waals surface area (Å²) >= 11 is 6.23. The number of nitro groups is 1. The fraction of sp³-hybridized carbons (Fsp3) is 0.356. The Labute approximate surface area is 366 Å². The number of aromatic nitrogens is 1. The van der Waals surface area contributed by atoms with Crippen molar-refractivity contribution in [3.05, 3.63) is 123 Å². The van der Waals surface area contributed by atoms with Crippen LogP contribution in [0.4, 0.5) is 17.1 Å². The zero-order chi connectivity index (χ0) is 43.8. The van der Waals surface area contributed by atoms with Gasteiger partial charge in [-0.15, -0.1) is 0 Å². The van der Waals surface area contributed by atoms with E-state index >= 15 is 0 Å². The van der Waals surface area contributed by atoms with Crippen molar-refractivity contribution in [2.45, 2.75) is 44.4 Å². The first-order valence-electron chi connectivity index (χ1n) is 20.6. The Morgan fingerprint density at radius 1 is 1.00 bits per heavy atom. The van der Waals surface area contributed by atoms with Crippen LogP contribution in [0.3, 0.4) is 0 Å². The molecule has 326 valence electrons. The van der Waals surface area contributed by atoms with E-state index in [9.17, 15) is 31.7 Å². The van der Waals surface area contributed by atoms with E-state index in [-0.39, 0.29) is 46.4 Å². The third-order valence-electron chi connectivity index (χ3n) is 12.1. The van der Waals surface area contributed by atoms with Crippen LogP contribution in [-0.4, -0.2) is 88.3 Å². The van der Waals surface area contributed by atoms with Gasteiger partial charge in [0.15, 0.2) is 9.84 Å². The van der Waals surface area contributed by atoms with Gasteiger partial charge >= 0.3 is 0 Å². The summed E-state index contributed by atoms with van der Waals surface area (Å²) in [6.07, 6.45) is 5.40. The highest BCUT2D eigenvalue weighted by Crippen LogP contribution is 2.43. The van der Waals surface area contributed by atoms with Gasteiger partial charge in [-0.05, 0) is 109 Å². The first kappa shape index (κ1) is 43.2. The number of sulfonamides is 1. The summed E-state index contributed by atoms with van der Waals surface area (Å²) in [5.41, 5.74) is 5.45. The van der Waals surface area contributed by atoms with Crippen LogP contribution in [0.2, 0.25) is 5.02 Å². The number of benzene rings is 4. The van der Waals surface area contributed by atoms with Gasteiger partial charge in [-0.1, -0.05) is 43.2 Å². The summed E-state index contributed by atoms with van der Waals surface area (Å²) in [5.74, 6) is -0.614. The first-order valence-corrected chi connectivity index (χ1v) is 24.3. The number of H-pyrrole nitrogens is 1. The summed E-state index contributed by atoms with van der Waals surface area (Å²) < 4.78 is 59.5. The molecule has 1 atom stereocenters. The minimum absolute atomic E-state index is 0.0269. The van der Waals surface area contributed by atoms with Crippen molar-refractivity contribution >= 4 is 70.9 Å². The zero-order valence-corrected chi connectivity index (χ0v) is 36.9. The van der Waals surface area contributed by atoms with Crippen LogP contribution in [0, 0.1) is 21.4 Å². The molecule has 3 N–H and O–H groups in total. The quantitative estimate of drug-likeness (QED) is 0.0764. The summed E-state index contributed by atoms with van der Waals surface area (Å²) in [6.45, 7) is 8.74. The van der Waals surface area contributed by atoms with E-state index in [4.69, 9.17) is 16.3 Å². The third-order valence-corrected chi connectivity index (χ3v) is 15.5. The number of aromatic amines is 1. The largest absolute Gasteiger partial charge is 0.456 e. The Bertz CT molecular complexity index is 2780. The SMILES string of the molecule is CC1(C)CCC(CN2CCN(c3ccc(C(=O)NS(=O)(=O)c4ccc(NCC5CCS(=O)(=O)C5)c([N+](=O)[O-])c4)c(Oc4ccc5[nH]ccc5c4)c3)CC2)=C(c2ccc(Cl)cc2)C1. The van der Waals surface area contributed by atoms with Gasteiger partial charge in [-0.3, -0.25) is 19.8 Å². The lowest BCUT2D eigenvalue weighted by Crippen LogP contribution is -2.47. The zero-order valence-electron chi connectivity index (χ0n) is 34.5. The highest BCUT2D eigenvalue weighted by Gasteiger charge is 2.32. The molecule has 1 unspecified atom stereocenters. The number of sulfone groups is 1. The van der Waals surface area contributed by atoms with Crippen LogP contribution in [0.1, 0.15) is 55.5 Å². The van der Waals surface area contributed by atoms with E-state index < -0.39 is 41.3 Å². The van der Waals surface area contributed by atoms with Crippen molar-refractivity contribution < 1.29 is 31.3 Å². The number of nitrogens with zero attached hydrogens (tertiary/aromatic N) is 3. The Morgan fingerprint density at radius 2 is 1.77 bits per heavy atom. The smallest absolute Gasteiger partial charge is 0.293 e. The van der Waals surface area contributed by atoms with Crippen molar-refractivity contribution in [2.24, 2.45) is 11.3 Å². The molecule has 0 spiro atoms. The molecule has 1 aromatic heterocycles. The molecule has 14 nitrogen and oxygen atoms in total. The number of hydrogen-bond donors (Lipinski definition) is 3. The number of nitro benzene ring substituents is 1. The number of hydrogen-bond acceptors (Lipinski definition) is 11. The monoisotopic (exact) mass is 900 g/mol. The second-order valence-electron chi connectivity index (χ2n) is 17.2. The lowest BCUT2D eigenvalue weighted by atomic mass is 9.72. The number of anilines is 2. The van der Waals surface area contributed by atoms with Gasteiger partial charge in [0.1, 0.15) is 17.2 Å². The maximum absolute atomic E-state index is 13.9. The van der Waals surface area contributed by atoms with E-state index in [1.807, 2.05) is 30.3 Å². The maximum Gasteiger partial charge on any atom is 0.293 e. The van der Waals surface area contributed by atoms with Gasteiger partial charge in [0.25, 0.3) is 21.6 Å². The topological polar surface area (TPSA) is 184 Å². The number of nitrogens with one attached hydrogen (secondary N) is 3. The number of ether oxygens (including phenoxy) is 1. The molecule has 1 aliphatic carbocycles. The van der Waals surface area contributed by atoms with Gasteiger partial charge in [-0.2, -0.15) is 0 Å². The molecule has 0 saturated carbocycles. The average Bonchev–Trinajstić information content (AvgIpc) is 3.85. The number of amides is 1. The van der Waals surface area contributed by atoms with E-state index in [1.165, 1.54) is 28.8 Å². The van der Waals surface area contributed by atoms with E-state index in [0.717, 1.165) is 72.6 Å². The Balaban J connectivity index is 1.00. The molecular formula is C45H49ClN6O8S2. The lowest BCUT2D eigenvalue weighted by Gasteiger charge is -2.39. The number of halogens is 1. The molecular weight excluding hydrogens is 852 g/mol. The van der Waals surface area contributed by atoms with Crippen molar-refractivity contribution in [2.75, 3.05) is 61.0 Å². The molecule has 1 amide bonds. The minimum atomic E-state index is -4.61. The number of fused-ring (bicyclic) bond motifs is 1. The molecule has 62 heavy (non-hydrogen) atoms. The molecule has 2 fully saturated rings.